The molecule has 0 saturated carbocycles. The number of aliphatic imine (C=N–C) groups is 1. The molecule has 2 aromatic rings. The van der Waals surface area contributed by atoms with E-state index in [2.05, 4.69) is 10.3 Å². The van der Waals surface area contributed by atoms with Crippen molar-refractivity contribution in [1.29, 1.82) is 0 Å². The molecule has 1 amide bonds. The van der Waals surface area contributed by atoms with E-state index in [-0.39, 0.29) is 30.8 Å². The van der Waals surface area contributed by atoms with Crippen LogP contribution in [0.25, 0.3) is 0 Å². The van der Waals surface area contributed by atoms with Crippen LogP contribution in [-0.2, 0) is 20.9 Å². The number of methoxy groups -OCH3 is 2. The number of nitrogens with one attached hydrogen (secondary N) is 1. The predicted octanol–water partition coefficient (Wildman–Crippen LogP) is 5.08. The molecule has 38 heavy (non-hydrogen) atoms. The van der Waals surface area contributed by atoms with E-state index in [1.54, 1.807) is 53.2 Å². The number of amidine groups is 1. The van der Waals surface area contributed by atoms with Crippen LogP contribution in [0.3, 0.4) is 0 Å². The minimum Gasteiger partial charge on any atom is -0.493 e. The van der Waals surface area contributed by atoms with Gasteiger partial charge >= 0.3 is 5.97 Å². The molecule has 0 spiro atoms. The van der Waals surface area contributed by atoms with Gasteiger partial charge in [-0.15, -0.1) is 0 Å². The van der Waals surface area contributed by atoms with Gasteiger partial charge in [-0.25, -0.2) is 14.2 Å². The molecule has 1 atom stereocenters. The van der Waals surface area contributed by atoms with Crippen molar-refractivity contribution in [2.45, 2.75) is 45.9 Å². The van der Waals surface area contributed by atoms with Crippen LogP contribution in [0, 0.1) is 5.82 Å². The molecule has 0 fully saturated rings. The van der Waals surface area contributed by atoms with E-state index in [0.29, 0.717) is 39.2 Å². The number of fused-ring (bicyclic) bond motifs is 1. The topological polar surface area (TPSA) is 89.5 Å². The zero-order chi connectivity index (χ0) is 27.4. The summed E-state index contributed by atoms with van der Waals surface area (Å²) in [5, 5.41) is 5.38. The first kappa shape index (κ1) is 27.3. The summed E-state index contributed by atoms with van der Waals surface area (Å²) < 4.78 is 30.1. The fourth-order valence-electron chi connectivity index (χ4n) is 4.36. The second kappa shape index (κ2) is 11.7. The fraction of sp³-hybridized carbons (Fsp3) is 0.321. The molecular formula is C28H30FN3O5S. The Morgan fingerprint density at radius 2 is 1.87 bits per heavy atom. The van der Waals surface area contributed by atoms with Gasteiger partial charge in [-0.2, -0.15) is 0 Å². The molecule has 0 bridgehead atoms. The fourth-order valence-corrected chi connectivity index (χ4v) is 5.32. The number of nitrogens with zero attached hydrogens (tertiary/aromatic N) is 2. The number of rotatable bonds is 9. The predicted molar refractivity (Wildman–Crippen MR) is 144 cm³/mol. The number of hydrogen-bond donors (Lipinski definition) is 1. The number of esters is 1. The molecule has 2 heterocycles. The van der Waals surface area contributed by atoms with Gasteiger partial charge in [0, 0.05) is 17.8 Å². The first-order chi connectivity index (χ1) is 18.2. The van der Waals surface area contributed by atoms with Gasteiger partial charge in [0.15, 0.2) is 16.7 Å². The quantitative estimate of drug-likeness (QED) is 0.445. The summed E-state index contributed by atoms with van der Waals surface area (Å²) in [6, 6.07) is 10.8. The monoisotopic (exact) mass is 539 g/mol. The van der Waals surface area contributed by atoms with Crippen molar-refractivity contribution in [3.05, 3.63) is 81.8 Å². The lowest BCUT2D eigenvalue weighted by Gasteiger charge is -2.37. The number of carbonyl (C=O) groups excluding carboxylic acids is 2. The van der Waals surface area contributed by atoms with Crippen LogP contribution >= 0.6 is 11.8 Å². The zero-order valence-corrected chi connectivity index (χ0v) is 22.7. The molecular weight excluding hydrogens is 509 g/mol. The van der Waals surface area contributed by atoms with Crippen LogP contribution in [0.2, 0.25) is 0 Å². The van der Waals surface area contributed by atoms with Gasteiger partial charge in [-0.3, -0.25) is 4.79 Å². The van der Waals surface area contributed by atoms with Gasteiger partial charge in [0.25, 0.3) is 0 Å². The number of amides is 1. The summed E-state index contributed by atoms with van der Waals surface area (Å²) in [5.74, 6) is -0.0681. The highest BCUT2D eigenvalue weighted by atomic mass is 32.2. The van der Waals surface area contributed by atoms with Crippen LogP contribution in [0.5, 0.6) is 11.5 Å². The second-order valence-corrected chi connectivity index (χ2v) is 9.85. The Balaban J connectivity index is 1.68. The van der Waals surface area contributed by atoms with E-state index in [4.69, 9.17) is 14.2 Å². The maximum absolute atomic E-state index is 13.4. The molecule has 8 nitrogen and oxygen atoms in total. The Kier molecular flexibility index (Phi) is 8.41. The molecule has 2 aromatic carbocycles. The van der Waals surface area contributed by atoms with Crippen molar-refractivity contribution >= 4 is 28.8 Å². The molecule has 0 radical (unpaired) electrons. The molecule has 2 aliphatic heterocycles. The van der Waals surface area contributed by atoms with Gasteiger partial charge in [-0.1, -0.05) is 36.0 Å². The Bertz CT molecular complexity index is 1320. The van der Waals surface area contributed by atoms with E-state index in [1.807, 2.05) is 22.4 Å². The summed E-state index contributed by atoms with van der Waals surface area (Å²) in [6.07, 6.45) is -0.289. The first-order valence-electron chi connectivity index (χ1n) is 12.1. The van der Waals surface area contributed by atoms with Crippen LogP contribution in [0.15, 0.2) is 69.8 Å². The minimum atomic E-state index is -0.662. The van der Waals surface area contributed by atoms with E-state index in [9.17, 15) is 14.0 Å². The SMILES string of the molecule is COc1cccc([C@H]2C(C(=O)OC(C)C)=C(C)N=C3SC=C(CC(=O)NCc4ccc(F)cc4)N32)c1OC. The zero-order valence-electron chi connectivity index (χ0n) is 21.9. The molecule has 200 valence electrons. The molecule has 4 rings (SSSR count). The number of hydrogen-bond acceptors (Lipinski definition) is 8. The van der Waals surface area contributed by atoms with Crippen molar-refractivity contribution in [3.63, 3.8) is 0 Å². The summed E-state index contributed by atoms with van der Waals surface area (Å²) in [7, 11) is 3.09. The highest BCUT2D eigenvalue weighted by Gasteiger charge is 2.43. The van der Waals surface area contributed by atoms with Crippen molar-refractivity contribution < 1.29 is 28.2 Å². The summed E-state index contributed by atoms with van der Waals surface area (Å²) >= 11 is 1.38. The number of para-hydroxylation sites is 1. The second-order valence-electron chi connectivity index (χ2n) is 9.01. The number of halogens is 1. The molecule has 0 unspecified atom stereocenters. The number of ether oxygens (including phenoxy) is 3. The molecule has 1 N–H and O–H groups in total. The van der Waals surface area contributed by atoms with Gasteiger partial charge in [0.1, 0.15) is 5.82 Å². The standard InChI is InChI=1S/C28H30FN3O5S/c1-16(2)37-27(34)24-17(3)31-28-32(25(24)21-7-6-8-22(35-4)26(21)36-5)20(15-38-28)13-23(33)30-14-18-9-11-19(29)12-10-18/h6-12,15-16,25H,13-14H2,1-5H3,(H,30,33)/t25-/m0/s1. The van der Waals surface area contributed by atoms with Gasteiger partial charge in [0.05, 0.1) is 44.1 Å². The van der Waals surface area contributed by atoms with Gasteiger partial charge < -0.3 is 24.4 Å². The van der Waals surface area contributed by atoms with Crippen molar-refractivity contribution in [1.82, 2.24) is 10.2 Å². The number of benzene rings is 2. The van der Waals surface area contributed by atoms with E-state index < -0.39 is 12.0 Å². The van der Waals surface area contributed by atoms with Crippen molar-refractivity contribution in [3.8, 4) is 11.5 Å². The van der Waals surface area contributed by atoms with E-state index in [0.717, 1.165) is 5.56 Å². The first-order valence-corrected chi connectivity index (χ1v) is 13.0. The average molecular weight is 540 g/mol. The molecule has 10 heteroatoms. The Hall–Kier alpha value is -3.79. The number of allylic oxidation sites excluding steroid dienone is 1. The highest BCUT2D eigenvalue weighted by Crippen LogP contribution is 2.48. The molecule has 0 aromatic heterocycles. The summed E-state index contributed by atoms with van der Waals surface area (Å²) in [5.41, 5.74) is 3.01. The maximum atomic E-state index is 13.4. The lowest BCUT2D eigenvalue weighted by Crippen LogP contribution is -2.38. The normalized spacial score (nSPS) is 16.6. The third kappa shape index (κ3) is 5.70. The summed E-state index contributed by atoms with van der Waals surface area (Å²) in [6.45, 7) is 5.61. The molecule has 0 saturated heterocycles. The minimum absolute atomic E-state index is 0.0432. The van der Waals surface area contributed by atoms with Crippen LogP contribution in [0.1, 0.15) is 44.4 Å². The van der Waals surface area contributed by atoms with Crippen LogP contribution in [-0.4, -0.2) is 42.3 Å². The van der Waals surface area contributed by atoms with E-state index >= 15 is 0 Å². The Morgan fingerprint density at radius 3 is 2.53 bits per heavy atom. The van der Waals surface area contributed by atoms with E-state index in [1.165, 1.54) is 23.9 Å². The smallest absolute Gasteiger partial charge is 0.338 e. The largest absolute Gasteiger partial charge is 0.493 e. The van der Waals surface area contributed by atoms with Gasteiger partial charge in [-0.05, 0) is 49.9 Å². The molecule has 0 aliphatic carbocycles. The Morgan fingerprint density at radius 1 is 1.13 bits per heavy atom. The Labute approximate surface area is 225 Å². The van der Waals surface area contributed by atoms with Crippen LogP contribution < -0.4 is 14.8 Å². The third-order valence-corrected chi connectivity index (χ3v) is 6.92. The van der Waals surface area contributed by atoms with Gasteiger partial charge in [0.2, 0.25) is 5.91 Å². The van der Waals surface area contributed by atoms with Crippen molar-refractivity contribution in [2.75, 3.05) is 14.2 Å². The van der Waals surface area contributed by atoms with Crippen molar-refractivity contribution in [2.24, 2.45) is 4.99 Å². The average Bonchev–Trinajstić information content (AvgIpc) is 3.28. The lowest BCUT2D eigenvalue weighted by molar-refractivity contribution is -0.143. The number of thioether (sulfide) groups is 1. The summed E-state index contributed by atoms with van der Waals surface area (Å²) in [4.78, 5) is 32.9. The highest BCUT2D eigenvalue weighted by molar-refractivity contribution is 8.16. The number of carbonyl (C=O) groups is 2. The lowest BCUT2D eigenvalue weighted by atomic mass is 9.92. The third-order valence-electron chi connectivity index (χ3n) is 6.04. The van der Waals surface area contributed by atoms with Crippen LogP contribution in [0.4, 0.5) is 4.39 Å². The maximum Gasteiger partial charge on any atom is 0.338 e. The molecule has 2 aliphatic rings.